The Hall–Kier alpha value is -1.85. The van der Waals surface area contributed by atoms with E-state index in [0.717, 1.165) is 44.5 Å². The Kier molecular flexibility index (Phi) is 9.03. The highest BCUT2D eigenvalue weighted by atomic mass is 32.2. The fourth-order valence-corrected chi connectivity index (χ4v) is 4.65. The number of ether oxygens (including phenoxy) is 1. The van der Waals surface area contributed by atoms with Crippen molar-refractivity contribution in [1.82, 2.24) is 4.90 Å². The Bertz CT molecular complexity index is 738. The summed E-state index contributed by atoms with van der Waals surface area (Å²) in [6.07, 6.45) is 6.10. The first kappa shape index (κ1) is 21.8. The highest BCUT2D eigenvalue weighted by Crippen LogP contribution is 2.31. The second-order valence-corrected chi connectivity index (χ2v) is 8.61. The number of hydrogen-bond acceptors (Lipinski definition) is 3. The van der Waals surface area contributed by atoms with Gasteiger partial charge in [0.25, 0.3) is 0 Å². The van der Waals surface area contributed by atoms with Crippen molar-refractivity contribution < 1.29 is 13.9 Å². The average molecular weight is 416 g/mol. The van der Waals surface area contributed by atoms with Gasteiger partial charge in [-0.25, -0.2) is 4.39 Å². The highest BCUT2D eigenvalue weighted by Gasteiger charge is 2.35. The number of unbranched alkanes of at least 4 members (excludes halogenated alkanes) is 3. The minimum Gasteiger partial charge on any atom is -0.380 e. The molecule has 1 heterocycles. The fraction of sp³-hybridized carbons (Fsp3) is 0.458. The van der Waals surface area contributed by atoms with Gasteiger partial charge in [-0.2, -0.15) is 0 Å². The summed E-state index contributed by atoms with van der Waals surface area (Å²) in [5.74, 6) is 1.00. The molecule has 0 saturated carbocycles. The zero-order valence-corrected chi connectivity index (χ0v) is 17.7. The van der Waals surface area contributed by atoms with Crippen LogP contribution in [0.5, 0.6) is 0 Å². The van der Waals surface area contributed by atoms with E-state index in [1.165, 1.54) is 23.3 Å². The number of halogens is 1. The molecule has 3 rings (SSSR count). The molecule has 2 aromatic carbocycles. The van der Waals surface area contributed by atoms with E-state index in [2.05, 4.69) is 24.3 Å². The number of β-lactam (4-membered cyclic amide) rings is 1. The van der Waals surface area contributed by atoms with E-state index in [1.54, 1.807) is 0 Å². The number of nitrogens with zero attached hydrogens (tertiary/aromatic N) is 1. The summed E-state index contributed by atoms with van der Waals surface area (Å²) in [6.45, 7) is 2.06. The van der Waals surface area contributed by atoms with Gasteiger partial charge in [-0.1, -0.05) is 55.3 Å². The topological polar surface area (TPSA) is 29.5 Å². The lowest BCUT2D eigenvalue weighted by Gasteiger charge is -2.40. The summed E-state index contributed by atoms with van der Waals surface area (Å²) < 4.78 is 18.6. The van der Waals surface area contributed by atoms with Crippen molar-refractivity contribution in [2.75, 3.05) is 19.8 Å². The molecule has 29 heavy (non-hydrogen) atoms. The molecular formula is C24H30FNO2S. The molecule has 0 aromatic heterocycles. The minimum absolute atomic E-state index is 0.174. The van der Waals surface area contributed by atoms with Crippen LogP contribution in [0.4, 0.5) is 4.39 Å². The van der Waals surface area contributed by atoms with Crippen LogP contribution >= 0.6 is 11.8 Å². The number of aryl methyl sites for hydroxylation is 1. The number of thioether (sulfide) groups is 1. The minimum atomic E-state index is -0.174. The third kappa shape index (κ3) is 7.48. The van der Waals surface area contributed by atoms with Crippen LogP contribution < -0.4 is 0 Å². The third-order valence-corrected chi connectivity index (χ3v) is 6.50. The monoisotopic (exact) mass is 415 g/mol. The second-order valence-electron chi connectivity index (χ2n) is 7.45. The number of benzene rings is 2. The van der Waals surface area contributed by atoms with E-state index in [0.29, 0.717) is 19.6 Å². The van der Waals surface area contributed by atoms with Gasteiger partial charge in [-0.15, -0.1) is 11.8 Å². The smallest absolute Gasteiger partial charge is 0.226 e. The van der Waals surface area contributed by atoms with E-state index in [9.17, 15) is 9.18 Å². The Morgan fingerprint density at radius 3 is 2.45 bits per heavy atom. The molecule has 5 heteroatoms. The van der Waals surface area contributed by atoms with Crippen LogP contribution in [0.15, 0.2) is 54.6 Å². The molecular weight excluding hydrogens is 385 g/mol. The van der Waals surface area contributed by atoms with Crippen LogP contribution in [0.1, 0.15) is 43.2 Å². The van der Waals surface area contributed by atoms with Crippen LogP contribution in [0, 0.1) is 5.82 Å². The molecule has 0 N–H and O–H groups in total. The molecule has 156 valence electrons. The first-order valence-electron chi connectivity index (χ1n) is 10.5. The third-order valence-electron chi connectivity index (χ3n) is 5.20. The molecule has 3 nitrogen and oxygen atoms in total. The summed E-state index contributed by atoms with van der Waals surface area (Å²) in [7, 11) is 0. The molecule has 1 aliphatic heterocycles. The van der Waals surface area contributed by atoms with Crippen LogP contribution in [-0.4, -0.2) is 35.9 Å². The Morgan fingerprint density at radius 1 is 0.931 bits per heavy atom. The molecule has 1 amide bonds. The van der Waals surface area contributed by atoms with Crippen molar-refractivity contribution in [2.45, 2.75) is 49.7 Å². The van der Waals surface area contributed by atoms with E-state index < -0.39 is 0 Å². The number of hydrogen-bond donors (Lipinski definition) is 0. The second kappa shape index (κ2) is 12.0. The van der Waals surface area contributed by atoms with Gasteiger partial charge >= 0.3 is 0 Å². The fourth-order valence-electron chi connectivity index (χ4n) is 3.41. The highest BCUT2D eigenvalue weighted by molar-refractivity contribution is 7.99. The van der Waals surface area contributed by atoms with E-state index in [-0.39, 0.29) is 17.1 Å². The lowest BCUT2D eigenvalue weighted by atomic mass is 10.1. The predicted molar refractivity (Wildman–Crippen MR) is 117 cm³/mol. The van der Waals surface area contributed by atoms with E-state index in [4.69, 9.17) is 4.74 Å². The molecule has 1 fully saturated rings. The maximum Gasteiger partial charge on any atom is 0.226 e. The summed E-state index contributed by atoms with van der Waals surface area (Å²) in [5.41, 5.74) is 2.49. The van der Waals surface area contributed by atoms with Gasteiger partial charge in [-0.3, -0.25) is 4.79 Å². The predicted octanol–water partition coefficient (Wildman–Crippen LogP) is 5.44. The molecule has 0 aliphatic carbocycles. The van der Waals surface area contributed by atoms with Crippen LogP contribution in [0.3, 0.4) is 0 Å². The van der Waals surface area contributed by atoms with Crippen molar-refractivity contribution in [2.24, 2.45) is 0 Å². The van der Waals surface area contributed by atoms with Crippen molar-refractivity contribution >= 4 is 17.7 Å². The van der Waals surface area contributed by atoms with Crippen LogP contribution in [-0.2, 0) is 21.7 Å². The zero-order chi connectivity index (χ0) is 20.3. The number of likely N-dealkylation sites (tertiary alicyclic amines) is 1. The lowest BCUT2D eigenvalue weighted by Crippen LogP contribution is -2.52. The van der Waals surface area contributed by atoms with Gasteiger partial charge in [-0.05, 0) is 42.5 Å². The Labute approximate surface area is 177 Å². The number of amides is 1. The van der Waals surface area contributed by atoms with Gasteiger partial charge in [0, 0.05) is 18.9 Å². The van der Waals surface area contributed by atoms with Gasteiger partial charge in [0.05, 0.1) is 18.4 Å². The number of rotatable bonds is 13. The molecule has 0 spiro atoms. The molecule has 1 atom stereocenters. The lowest BCUT2D eigenvalue weighted by molar-refractivity contribution is -0.142. The zero-order valence-electron chi connectivity index (χ0n) is 16.9. The van der Waals surface area contributed by atoms with E-state index in [1.807, 2.05) is 34.9 Å². The summed E-state index contributed by atoms with van der Waals surface area (Å²) in [6, 6.07) is 17.2. The quantitative estimate of drug-likeness (QED) is 0.322. The first-order valence-corrected chi connectivity index (χ1v) is 11.5. The number of carbonyl (C=O) groups excluding carboxylic acids is 1. The molecule has 0 bridgehead atoms. The maximum absolute atomic E-state index is 12.9. The molecule has 1 saturated heterocycles. The normalized spacial score (nSPS) is 16.1. The van der Waals surface area contributed by atoms with Crippen LogP contribution in [0.2, 0.25) is 0 Å². The van der Waals surface area contributed by atoms with Crippen molar-refractivity contribution in [1.29, 1.82) is 0 Å². The molecule has 2 aromatic rings. The Morgan fingerprint density at radius 2 is 1.69 bits per heavy atom. The van der Waals surface area contributed by atoms with Crippen molar-refractivity contribution in [3.63, 3.8) is 0 Å². The Balaban J connectivity index is 1.18. The first-order chi connectivity index (χ1) is 14.2. The summed E-state index contributed by atoms with van der Waals surface area (Å²) >= 11 is 1.83. The van der Waals surface area contributed by atoms with E-state index >= 15 is 0 Å². The molecule has 1 aliphatic rings. The van der Waals surface area contributed by atoms with Crippen molar-refractivity contribution in [3.05, 3.63) is 71.5 Å². The summed E-state index contributed by atoms with van der Waals surface area (Å²) in [5, 5.41) is 0.290. The largest absolute Gasteiger partial charge is 0.380 e. The molecule has 1 unspecified atom stereocenters. The van der Waals surface area contributed by atoms with Gasteiger partial charge < -0.3 is 9.64 Å². The van der Waals surface area contributed by atoms with Gasteiger partial charge in [0.1, 0.15) is 5.82 Å². The summed E-state index contributed by atoms with van der Waals surface area (Å²) in [4.78, 5) is 13.8. The maximum atomic E-state index is 12.9. The van der Waals surface area contributed by atoms with Crippen molar-refractivity contribution in [3.8, 4) is 0 Å². The van der Waals surface area contributed by atoms with Gasteiger partial charge in [0.2, 0.25) is 5.91 Å². The SMILES string of the molecule is O=C1CC(SCc2ccccc2)N1CCOCCCCCCc1ccc(F)cc1. The standard InChI is InChI=1S/C24H30FNO2S/c25-22-13-11-20(12-14-22)8-4-1-2-7-16-28-17-15-26-23(27)18-24(26)29-19-21-9-5-3-6-10-21/h3,5-6,9-14,24H,1-2,4,7-8,15-19H2. The average Bonchev–Trinajstić information content (AvgIpc) is 2.74. The number of carbonyl (C=O) groups is 1. The van der Waals surface area contributed by atoms with Gasteiger partial charge in [0.15, 0.2) is 0 Å². The molecule has 0 radical (unpaired) electrons. The van der Waals surface area contributed by atoms with Crippen LogP contribution in [0.25, 0.3) is 0 Å².